The molecule has 0 aromatic heterocycles. The van der Waals surface area contributed by atoms with Crippen molar-refractivity contribution in [1.82, 2.24) is 0 Å². The lowest BCUT2D eigenvalue weighted by Gasteiger charge is -2.21. The highest BCUT2D eigenvalue weighted by Crippen LogP contribution is 2.28. The zero-order valence-corrected chi connectivity index (χ0v) is 12.2. The lowest BCUT2D eigenvalue weighted by Crippen LogP contribution is -2.20. The van der Waals surface area contributed by atoms with Gasteiger partial charge in [0.25, 0.3) is 0 Å². The molecular formula is C16H26O3. The summed E-state index contributed by atoms with van der Waals surface area (Å²) in [5.41, 5.74) is 0.673. The molecule has 0 bridgehead atoms. The first-order valence-corrected chi connectivity index (χ1v) is 7.51. The summed E-state index contributed by atoms with van der Waals surface area (Å²) in [6.45, 7) is 2.13. The van der Waals surface area contributed by atoms with Gasteiger partial charge in [-0.3, -0.25) is 4.79 Å². The van der Waals surface area contributed by atoms with Gasteiger partial charge in [-0.1, -0.05) is 39.0 Å². The number of carbonyl (C=O) groups is 2. The first kappa shape index (κ1) is 15.9. The number of methoxy groups -OCH3 is 1. The summed E-state index contributed by atoms with van der Waals surface area (Å²) in [6, 6.07) is 0. The zero-order valence-electron chi connectivity index (χ0n) is 12.2. The number of hydrogen-bond donors (Lipinski definition) is 0. The van der Waals surface area contributed by atoms with Gasteiger partial charge >= 0.3 is 5.97 Å². The molecular weight excluding hydrogens is 240 g/mol. The minimum atomic E-state index is -0.407. The van der Waals surface area contributed by atoms with Crippen LogP contribution >= 0.6 is 0 Å². The summed E-state index contributed by atoms with van der Waals surface area (Å²) in [5.74, 6) is -0.0943. The molecule has 1 rings (SSSR count). The van der Waals surface area contributed by atoms with Crippen molar-refractivity contribution in [3.63, 3.8) is 0 Å². The number of hydrogen-bond acceptors (Lipinski definition) is 3. The molecule has 1 aliphatic rings. The third-order valence-corrected chi connectivity index (χ3v) is 3.84. The van der Waals surface area contributed by atoms with Crippen LogP contribution < -0.4 is 0 Å². The van der Waals surface area contributed by atoms with Crippen LogP contribution in [0.15, 0.2) is 11.6 Å². The van der Waals surface area contributed by atoms with Gasteiger partial charge in [0.05, 0.1) is 7.11 Å². The number of ether oxygens (including phenoxy) is 1. The molecule has 0 heterocycles. The summed E-state index contributed by atoms with van der Waals surface area (Å²) in [5, 5.41) is 0. The number of ketones is 1. The van der Waals surface area contributed by atoms with Crippen LogP contribution in [0.3, 0.4) is 0 Å². The van der Waals surface area contributed by atoms with E-state index < -0.39 is 5.97 Å². The summed E-state index contributed by atoms with van der Waals surface area (Å²) in [4.78, 5) is 23.9. The molecule has 19 heavy (non-hydrogen) atoms. The molecule has 0 unspecified atom stereocenters. The predicted molar refractivity (Wildman–Crippen MR) is 75.8 cm³/mol. The third-order valence-electron chi connectivity index (χ3n) is 3.84. The van der Waals surface area contributed by atoms with E-state index >= 15 is 0 Å². The summed E-state index contributed by atoms with van der Waals surface area (Å²) < 4.78 is 4.66. The standard InChI is InChI=1S/C16H26O3/c1-3-4-6-11-14(12-15(17)19-2)16(18)13-9-7-5-8-10-13/h12-13H,3-11H2,1-2H3/b14-12-. The van der Waals surface area contributed by atoms with E-state index in [0.29, 0.717) is 12.0 Å². The van der Waals surface area contributed by atoms with E-state index in [0.717, 1.165) is 44.9 Å². The van der Waals surface area contributed by atoms with E-state index in [-0.39, 0.29) is 11.7 Å². The van der Waals surface area contributed by atoms with Gasteiger partial charge in [0, 0.05) is 17.6 Å². The smallest absolute Gasteiger partial charge is 0.330 e. The summed E-state index contributed by atoms with van der Waals surface area (Å²) in [7, 11) is 1.35. The monoisotopic (exact) mass is 266 g/mol. The van der Waals surface area contributed by atoms with E-state index in [2.05, 4.69) is 11.7 Å². The van der Waals surface area contributed by atoms with Gasteiger partial charge in [0.15, 0.2) is 5.78 Å². The molecule has 1 fully saturated rings. The lowest BCUT2D eigenvalue weighted by molar-refractivity contribution is -0.135. The van der Waals surface area contributed by atoms with Crippen LogP contribution in [0.1, 0.15) is 64.7 Å². The fraction of sp³-hybridized carbons (Fsp3) is 0.750. The molecule has 0 spiro atoms. The Labute approximate surface area is 116 Å². The van der Waals surface area contributed by atoms with E-state index in [1.165, 1.54) is 19.6 Å². The normalized spacial score (nSPS) is 17.3. The minimum Gasteiger partial charge on any atom is -0.466 e. The number of allylic oxidation sites excluding steroid dienone is 1. The van der Waals surface area contributed by atoms with Crippen LogP contribution in [-0.4, -0.2) is 18.9 Å². The maximum Gasteiger partial charge on any atom is 0.330 e. The molecule has 1 saturated carbocycles. The number of esters is 1. The molecule has 0 aromatic rings. The second-order valence-corrected chi connectivity index (χ2v) is 5.35. The maximum atomic E-state index is 12.5. The summed E-state index contributed by atoms with van der Waals surface area (Å²) >= 11 is 0. The van der Waals surface area contributed by atoms with Crippen LogP contribution in [0.25, 0.3) is 0 Å². The Bertz CT molecular complexity index is 325. The Morgan fingerprint density at radius 2 is 1.84 bits per heavy atom. The Balaban J connectivity index is 2.67. The highest BCUT2D eigenvalue weighted by molar-refractivity contribution is 6.02. The molecule has 0 amide bonds. The van der Waals surface area contributed by atoms with Crippen molar-refractivity contribution in [2.45, 2.75) is 64.7 Å². The maximum absolute atomic E-state index is 12.5. The molecule has 0 radical (unpaired) electrons. The molecule has 0 atom stereocenters. The Kier molecular flexibility index (Phi) is 7.46. The summed E-state index contributed by atoms with van der Waals surface area (Å²) in [6.07, 6.45) is 10.8. The van der Waals surface area contributed by atoms with E-state index in [1.807, 2.05) is 0 Å². The largest absolute Gasteiger partial charge is 0.466 e. The van der Waals surface area contributed by atoms with Crippen LogP contribution in [-0.2, 0) is 14.3 Å². The number of carbonyl (C=O) groups excluding carboxylic acids is 2. The Hall–Kier alpha value is -1.12. The second kappa shape index (κ2) is 8.89. The van der Waals surface area contributed by atoms with Crippen LogP contribution in [0.5, 0.6) is 0 Å². The van der Waals surface area contributed by atoms with E-state index in [4.69, 9.17) is 0 Å². The molecule has 0 aromatic carbocycles. The quantitative estimate of drug-likeness (QED) is 0.400. The van der Waals surface area contributed by atoms with Gasteiger partial charge in [-0.15, -0.1) is 0 Å². The predicted octanol–water partition coefficient (Wildman–Crippen LogP) is 3.82. The highest BCUT2D eigenvalue weighted by Gasteiger charge is 2.24. The zero-order chi connectivity index (χ0) is 14.1. The van der Waals surface area contributed by atoms with Crippen molar-refractivity contribution >= 4 is 11.8 Å². The first-order chi connectivity index (χ1) is 9.19. The minimum absolute atomic E-state index is 0.131. The molecule has 0 N–H and O–H groups in total. The van der Waals surface area contributed by atoms with Crippen LogP contribution in [0, 0.1) is 5.92 Å². The van der Waals surface area contributed by atoms with Crippen LogP contribution in [0.4, 0.5) is 0 Å². The first-order valence-electron chi connectivity index (χ1n) is 7.51. The lowest BCUT2D eigenvalue weighted by atomic mass is 9.82. The fourth-order valence-electron chi connectivity index (χ4n) is 2.66. The molecule has 3 nitrogen and oxygen atoms in total. The van der Waals surface area contributed by atoms with E-state index in [9.17, 15) is 9.59 Å². The molecule has 0 saturated heterocycles. The Morgan fingerprint density at radius 3 is 2.42 bits per heavy atom. The van der Waals surface area contributed by atoms with Crippen molar-refractivity contribution in [3.8, 4) is 0 Å². The van der Waals surface area contributed by atoms with E-state index in [1.54, 1.807) is 0 Å². The number of Topliss-reactive ketones (excluding diaryl/α,β-unsaturated/α-hetero) is 1. The van der Waals surface area contributed by atoms with Gasteiger partial charge in [-0.05, 0) is 25.7 Å². The molecule has 1 aliphatic carbocycles. The molecule has 108 valence electrons. The van der Waals surface area contributed by atoms with Gasteiger partial charge in [-0.2, -0.15) is 0 Å². The SMILES string of the molecule is CCCCC/C(=C/C(=O)OC)C(=O)C1CCCCC1. The topological polar surface area (TPSA) is 43.4 Å². The average Bonchev–Trinajstić information content (AvgIpc) is 2.46. The fourth-order valence-corrected chi connectivity index (χ4v) is 2.66. The van der Waals surface area contributed by atoms with Gasteiger partial charge in [-0.25, -0.2) is 4.79 Å². The van der Waals surface area contributed by atoms with Gasteiger partial charge < -0.3 is 4.74 Å². The number of rotatable bonds is 7. The average molecular weight is 266 g/mol. The van der Waals surface area contributed by atoms with Crippen LogP contribution in [0.2, 0.25) is 0 Å². The second-order valence-electron chi connectivity index (χ2n) is 5.35. The number of unbranched alkanes of at least 4 members (excludes halogenated alkanes) is 2. The third kappa shape index (κ3) is 5.58. The van der Waals surface area contributed by atoms with Crippen molar-refractivity contribution in [2.75, 3.05) is 7.11 Å². The van der Waals surface area contributed by atoms with Crippen molar-refractivity contribution in [2.24, 2.45) is 5.92 Å². The van der Waals surface area contributed by atoms with Crippen molar-refractivity contribution in [3.05, 3.63) is 11.6 Å². The van der Waals surface area contributed by atoms with Crippen molar-refractivity contribution in [1.29, 1.82) is 0 Å². The Morgan fingerprint density at radius 1 is 1.16 bits per heavy atom. The highest BCUT2D eigenvalue weighted by atomic mass is 16.5. The van der Waals surface area contributed by atoms with Gasteiger partial charge in [0.1, 0.15) is 0 Å². The van der Waals surface area contributed by atoms with Gasteiger partial charge in [0.2, 0.25) is 0 Å². The van der Waals surface area contributed by atoms with Crippen molar-refractivity contribution < 1.29 is 14.3 Å². The molecule has 3 heteroatoms. The molecule has 0 aliphatic heterocycles.